The van der Waals surface area contributed by atoms with Gasteiger partial charge < -0.3 is 5.32 Å². The Morgan fingerprint density at radius 2 is 1.21 bits per heavy atom. The van der Waals surface area contributed by atoms with Gasteiger partial charge in [0.25, 0.3) is 0 Å². The molecule has 0 saturated carbocycles. The number of hydrogen-bond acceptors (Lipinski definition) is 4. The Bertz CT molecular complexity index is 774. The zero-order valence-corrected chi connectivity index (χ0v) is 28.1. The molecular formula is C35H68N4. The summed E-state index contributed by atoms with van der Waals surface area (Å²) in [5, 5.41) is 4.12. The van der Waals surface area contributed by atoms with Crippen molar-refractivity contribution in [3.8, 4) is 0 Å². The van der Waals surface area contributed by atoms with Crippen LogP contribution in [-0.4, -0.2) is 82.7 Å². The predicted molar refractivity (Wildman–Crippen MR) is 170 cm³/mol. The van der Waals surface area contributed by atoms with Crippen molar-refractivity contribution in [1.82, 2.24) is 20.0 Å². The van der Waals surface area contributed by atoms with E-state index >= 15 is 0 Å². The van der Waals surface area contributed by atoms with Crippen LogP contribution in [0, 0.1) is 16.7 Å². The molecule has 4 heterocycles. The smallest absolute Gasteiger partial charge is 0.0201 e. The van der Waals surface area contributed by atoms with Gasteiger partial charge in [-0.25, -0.2) is 0 Å². The first kappa shape index (κ1) is 31.8. The Labute approximate surface area is 244 Å². The van der Waals surface area contributed by atoms with Crippen LogP contribution in [0.15, 0.2) is 0 Å². The van der Waals surface area contributed by atoms with Gasteiger partial charge in [0.2, 0.25) is 0 Å². The van der Waals surface area contributed by atoms with Crippen LogP contribution in [0.25, 0.3) is 0 Å². The summed E-state index contributed by atoms with van der Waals surface area (Å²) in [6.45, 7) is 32.5. The fourth-order valence-corrected chi connectivity index (χ4v) is 9.04. The van der Waals surface area contributed by atoms with Crippen LogP contribution in [0.1, 0.15) is 140 Å². The molecule has 0 aromatic rings. The van der Waals surface area contributed by atoms with Crippen LogP contribution in [0.2, 0.25) is 0 Å². The normalized spacial score (nSPS) is 30.8. The van der Waals surface area contributed by atoms with Crippen molar-refractivity contribution in [2.45, 2.75) is 169 Å². The Morgan fingerprint density at radius 1 is 0.667 bits per heavy atom. The van der Waals surface area contributed by atoms with Crippen molar-refractivity contribution in [3.05, 3.63) is 0 Å². The van der Waals surface area contributed by atoms with E-state index in [1.165, 1.54) is 110 Å². The Morgan fingerprint density at radius 3 is 1.74 bits per heavy atom. The van der Waals surface area contributed by atoms with E-state index < -0.39 is 0 Å². The summed E-state index contributed by atoms with van der Waals surface area (Å²) in [6.07, 6.45) is 14.8. The zero-order valence-electron chi connectivity index (χ0n) is 28.1. The zero-order chi connectivity index (χ0) is 28.7. The SMILES string of the molecule is CCC1(CC)CCN(C(C)(C)CCC(C)(C)N2CCC3NC(CC3CC(C)(C)N3CC(CC)(CC)C3)C2)CC1. The number of piperidine rings is 1. The van der Waals surface area contributed by atoms with Gasteiger partial charge >= 0.3 is 0 Å². The second kappa shape index (κ2) is 11.8. The van der Waals surface area contributed by atoms with E-state index in [-0.39, 0.29) is 5.54 Å². The second-order valence-electron chi connectivity index (χ2n) is 16.6. The van der Waals surface area contributed by atoms with Crippen molar-refractivity contribution in [1.29, 1.82) is 0 Å². The van der Waals surface area contributed by atoms with Gasteiger partial charge in [-0.1, -0.05) is 40.5 Å². The number of fused-ring (bicyclic) bond motifs is 2. The van der Waals surface area contributed by atoms with E-state index in [0.29, 0.717) is 34.0 Å². The van der Waals surface area contributed by atoms with Crippen molar-refractivity contribution in [3.63, 3.8) is 0 Å². The van der Waals surface area contributed by atoms with E-state index in [0.717, 1.165) is 5.92 Å². The second-order valence-corrected chi connectivity index (χ2v) is 16.6. The third kappa shape index (κ3) is 6.75. The highest BCUT2D eigenvalue weighted by molar-refractivity contribution is 5.04. The minimum atomic E-state index is 0.270. The molecule has 4 aliphatic rings. The molecule has 0 radical (unpaired) electrons. The first-order valence-electron chi connectivity index (χ1n) is 17.2. The number of rotatable bonds is 12. The largest absolute Gasteiger partial charge is 0.310 e. The predicted octanol–water partition coefficient (Wildman–Crippen LogP) is 7.57. The molecule has 0 aromatic carbocycles. The van der Waals surface area contributed by atoms with E-state index in [1.807, 2.05) is 0 Å². The highest BCUT2D eigenvalue weighted by Gasteiger charge is 2.49. The lowest BCUT2D eigenvalue weighted by Gasteiger charge is -2.57. The summed E-state index contributed by atoms with van der Waals surface area (Å²) >= 11 is 0. The molecule has 0 amide bonds. The Kier molecular flexibility index (Phi) is 9.65. The average molecular weight is 545 g/mol. The molecule has 4 nitrogen and oxygen atoms in total. The molecule has 0 aliphatic carbocycles. The number of nitrogens with zero attached hydrogens (tertiary/aromatic N) is 3. The van der Waals surface area contributed by atoms with Crippen LogP contribution >= 0.6 is 0 Å². The minimum Gasteiger partial charge on any atom is -0.310 e. The van der Waals surface area contributed by atoms with Gasteiger partial charge in [0.15, 0.2) is 0 Å². The molecular weight excluding hydrogens is 476 g/mol. The van der Waals surface area contributed by atoms with Gasteiger partial charge in [0, 0.05) is 54.9 Å². The lowest BCUT2D eigenvalue weighted by atomic mass is 9.71. The van der Waals surface area contributed by atoms with Gasteiger partial charge in [-0.3, -0.25) is 14.7 Å². The summed E-state index contributed by atoms with van der Waals surface area (Å²) in [4.78, 5) is 8.50. The molecule has 4 aliphatic heterocycles. The minimum absolute atomic E-state index is 0.270. The number of likely N-dealkylation sites (tertiary alicyclic amines) is 3. The molecule has 0 spiro atoms. The third-order valence-electron chi connectivity index (χ3n) is 13.3. The van der Waals surface area contributed by atoms with Crippen LogP contribution in [0.4, 0.5) is 0 Å². The van der Waals surface area contributed by atoms with E-state index in [1.54, 1.807) is 0 Å². The first-order valence-corrected chi connectivity index (χ1v) is 17.2. The van der Waals surface area contributed by atoms with Gasteiger partial charge in [-0.15, -0.1) is 0 Å². The number of nitrogens with one attached hydrogen (secondary N) is 1. The van der Waals surface area contributed by atoms with Crippen molar-refractivity contribution in [2.24, 2.45) is 16.7 Å². The van der Waals surface area contributed by atoms with E-state index in [4.69, 9.17) is 0 Å². The van der Waals surface area contributed by atoms with Gasteiger partial charge in [0.1, 0.15) is 0 Å². The average Bonchev–Trinajstić information content (AvgIpc) is 3.10. The van der Waals surface area contributed by atoms with E-state index in [9.17, 15) is 0 Å². The van der Waals surface area contributed by atoms with Crippen LogP contribution in [0.3, 0.4) is 0 Å². The van der Waals surface area contributed by atoms with Gasteiger partial charge in [-0.2, -0.15) is 0 Å². The van der Waals surface area contributed by atoms with Crippen molar-refractivity contribution >= 4 is 0 Å². The summed E-state index contributed by atoms with van der Waals surface area (Å²) in [6, 6.07) is 1.38. The molecule has 39 heavy (non-hydrogen) atoms. The highest BCUT2D eigenvalue weighted by atomic mass is 15.3. The summed E-state index contributed by atoms with van der Waals surface area (Å²) < 4.78 is 0. The molecule has 4 rings (SSSR count). The summed E-state index contributed by atoms with van der Waals surface area (Å²) in [5.41, 5.74) is 2.12. The van der Waals surface area contributed by atoms with Crippen LogP contribution < -0.4 is 5.32 Å². The highest BCUT2D eigenvalue weighted by Crippen LogP contribution is 2.45. The van der Waals surface area contributed by atoms with Crippen molar-refractivity contribution < 1.29 is 0 Å². The molecule has 3 unspecified atom stereocenters. The van der Waals surface area contributed by atoms with Crippen LogP contribution in [-0.2, 0) is 0 Å². The Balaban J connectivity index is 1.27. The monoisotopic (exact) mass is 545 g/mol. The van der Waals surface area contributed by atoms with Crippen molar-refractivity contribution in [2.75, 3.05) is 39.3 Å². The Hall–Kier alpha value is -0.160. The first-order chi connectivity index (χ1) is 18.2. The lowest BCUT2D eigenvalue weighted by Crippen LogP contribution is -2.63. The molecule has 1 N–H and O–H groups in total. The molecule has 4 saturated heterocycles. The molecule has 228 valence electrons. The molecule has 0 aromatic heterocycles. The fourth-order valence-electron chi connectivity index (χ4n) is 9.04. The fraction of sp³-hybridized carbons (Fsp3) is 1.00. The molecule has 4 fully saturated rings. The topological polar surface area (TPSA) is 21.8 Å². The maximum absolute atomic E-state index is 4.12. The molecule has 3 atom stereocenters. The maximum atomic E-state index is 4.12. The van der Waals surface area contributed by atoms with Crippen LogP contribution in [0.5, 0.6) is 0 Å². The van der Waals surface area contributed by atoms with Gasteiger partial charge in [0.05, 0.1) is 0 Å². The number of hydrogen-bond donors (Lipinski definition) is 1. The quantitative estimate of drug-likeness (QED) is 0.273. The maximum Gasteiger partial charge on any atom is 0.0201 e. The summed E-state index contributed by atoms with van der Waals surface area (Å²) in [7, 11) is 0. The third-order valence-corrected chi connectivity index (χ3v) is 13.3. The standard InChI is InChI=1S/C35H68N4/c1-11-34(12-2)18-21-37(22-19-34)31(5,6)16-17-32(7,8)38-20-15-30-28(23-29(25-38)36-30)24-33(9,10)39-26-35(13-3,14-4)27-39/h28-30,36H,11-27H2,1-10H3. The van der Waals surface area contributed by atoms with E-state index in [2.05, 4.69) is 89.3 Å². The van der Waals surface area contributed by atoms with Gasteiger partial charge in [-0.05, 0) is 129 Å². The molecule has 2 bridgehead atoms. The molecule has 4 heteroatoms. The lowest BCUT2D eigenvalue weighted by molar-refractivity contribution is -0.0786. The summed E-state index contributed by atoms with van der Waals surface area (Å²) in [5.74, 6) is 0.838.